The maximum Gasteiger partial charge on any atom is 0.410 e. The van der Waals surface area contributed by atoms with Crippen LogP contribution in [0.25, 0.3) is 10.9 Å². The van der Waals surface area contributed by atoms with Gasteiger partial charge in [0.1, 0.15) is 22.5 Å². The van der Waals surface area contributed by atoms with Gasteiger partial charge in [-0.3, -0.25) is 4.68 Å². The molecule has 1 N–H and O–H groups in total. The third-order valence-corrected chi connectivity index (χ3v) is 5.57. The van der Waals surface area contributed by atoms with Crippen LogP contribution in [0.3, 0.4) is 0 Å². The third-order valence-electron chi connectivity index (χ3n) is 5.57. The van der Waals surface area contributed by atoms with Crippen molar-refractivity contribution in [1.82, 2.24) is 19.7 Å². The average Bonchev–Trinajstić information content (AvgIpc) is 3.39. The molecule has 1 saturated heterocycles. The second-order valence-corrected chi connectivity index (χ2v) is 9.20. The van der Waals surface area contributed by atoms with Crippen molar-refractivity contribution >= 4 is 28.8 Å². The standard InChI is InChI=1S/C21H29N5O4/c1-21(2,3)30-20(29)26(13-5-6-13)14-7-9-25(10-8-14)18-16-12-24(4)23-17(16)15(11-22-18)19(27)28/h11-14H,5-10H2,1-4H3,(H,27,28). The summed E-state index contributed by atoms with van der Waals surface area (Å²) in [6.45, 7) is 7.15. The first-order valence-corrected chi connectivity index (χ1v) is 10.5. The molecule has 0 atom stereocenters. The van der Waals surface area contributed by atoms with Crippen LogP contribution in [0.1, 0.15) is 56.8 Å². The van der Waals surface area contributed by atoms with Gasteiger partial charge in [0, 0.05) is 44.6 Å². The molecule has 0 aromatic carbocycles. The summed E-state index contributed by atoms with van der Waals surface area (Å²) >= 11 is 0. The largest absolute Gasteiger partial charge is 0.478 e. The minimum Gasteiger partial charge on any atom is -0.478 e. The Morgan fingerprint density at radius 1 is 1.17 bits per heavy atom. The maximum absolute atomic E-state index is 12.8. The second kappa shape index (κ2) is 7.45. The Morgan fingerprint density at radius 2 is 1.80 bits per heavy atom. The van der Waals surface area contributed by atoms with Crippen LogP contribution < -0.4 is 4.90 Å². The molecule has 2 aromatic rings. The number of carboxylic acid groups (broad SMARTS) is 1. The van der Waals surface area contributed by atoms with E-state index in [1.807, 2.05) is 31.9 Å². The summed E-state index contributed by atoms with van der Waals surface area (Å²) in [7, 11) is 1.77. The van der Waals surface area contributed by atoms with Crippen LogP contribution in [0, 0.1) is 0 Å². The molecule has 4 rings (SSSR count). The SMILES string of the molecule is Cn1cc2c(N3CCC(N(C(=O)OC(C)(C)C)C4CC4)CC3)ncc(C(=O)O)c2n1. The first kappa shape index (κ1) is 20.4. The molecule has 30 heavy (non-hydrogen) atoms. The zero-order valence-electron chi connectivity index (χ0n) is 18.0. The van der Waals surface area contributed by atoms with E-state index in [1.54, 1.807) is 11.7 Å². The van der Waals surface area contributed by atoms with Crippen molar-refractivity contribution in [3.8, 4) is 0 Å². The van der Waals surface area contributed by atoms with Crippen LogP contribution >= 0.6 is 0 Å². The highest BCUT2D eigenvalue weighted by molar-refractivity contribution is 6.04. The van der Waals surface area contributed by atoms with Crippen LogP contribution in [0.5, 0.6) is 0 Å². The summed E-state index contributed by atoms with van der Waals surface area (Å²) in [5.41, 5.74) is 0.0479. The Bertz CT molecular complexity index is 968. The molecule has 0 bridgehead atoms. The molecule has 0 unspecified atom stereocenters. The Morgan fingerprint density at radius 3 is 2.37 bits per heavy atom. The van der Waals surface area contributed by atoms with Crippen LogP contribution in [-0.2, 0) is 11.8 Å². The van der Waals surface area contributed by atoms with Crippen molar-refractivity contribution in [3.63, 3.8) is 0 Å². The number of pyridine rings is 1. The summed E-state index contributed by atoms with van der Waals surface area (Å²) in [5.74, 6) is -0.286. The Balaban J connectivity index is 1.51. The topological polar surface area (TPSA) is 101 Å². The van der Waals surface area contributed by atoms with E-state index < -0.39 is 11.6 Å². The number of rotatable bonds is 4. The number of ether oxygens (including phenoxy) is 1. The number of amides is 1. The van der Waals surface area contributed by atoms with Crippen molar-refractivity contribution in [2.45, 2.75) is 64.1 Å². The van der Waals surface area contributed by atoms with Crippen LogP contribution in [-0.4, -0.2) is 67.6 Å². The van der Waals surface area contributed by atoms with E-state index in [-0.39, 0.29) is 23.7 Å². The molecule has 2 fully saturated rings. The van der Waals surface area contributed by atoms with Crippen molar-refractivity contribution in [3.05, 3.63) is 18.0 Å². The highest BCUT2D eigenvalue weighted by Crippen LogP contribution is 2.35. The van der Waals surface area contributed by atoms with Gasteiger partial charge < -0.3 is 19.6 Å². The van der Waals surface area contributed by atoms with Gasteiger partial charge in [-0.2, -0.15) is 5.10 Å². The Kier molecular flexibility index (Phi) is 5.07. The van der Waals surface area contributed by atoms with Crippen molar-refractivity contribution in [2.24, 2.45) is 7.05 Å². The number of aromatic carboxylic acids is 1. The monoisotopic (exact) mass is 415 g/mol. The first-order valence-electron chi connectivity index (χ1n) is 10.5. The minimum absolute atomic E-state index is 0.106. The fraction of sp³-hybridized carbons (Fsp3) is 0.619. The molecular formula is C21H29N5O4. The van der Waals surface area contributed by atoms with Crippen molar-refractivity contribution < 1.29 is 19.4 Å². The van der Waals surface area contributed by atoms with E-state index in [0.29, 0.717) is 5.52 Å². The molecule has 3 heterocycles. The molecule has 2 aliphatic rings. The highest BCUT2D eigenvalue weighted by atomic mass is 16.6. The maximum atomic E-state index is 12.8. The molecule has 1 amide bonds. The Hall–Kier alpha value is -2.84. The fourth-order valence-corrected chi connectivity index (χ4v) is 4.14. The fourth-order valence-electron chi connectivity index (χ4n) is 4.14. The summed E-state index contributed by atoms with van der Waals surface area (Å²) in [4.78, 5) is 32.9. The zero-order chi connectivity index (χ0) is 21.6. The predicted octanol–water partition coefficient (Wildman–Crippen LogP) is 3.03. The molecule has 0 radical (unpaired) electrons. The number of hydrogen-bond acceptors (Lipinski definition) is 6. The van der Waals surface area contributed by atoms with Gasteiger partial charge in [-0.05, 0) is 46.5 Å². The molecule has 2 aromatic heterocycles. The number of fused-ring (bicyclic) bond motifs is 1. The van der Waals surface area contributed by atoms with Gasteiger partial charge in [0.05, 0.1) is 5.39 Å². The van der Waals surface area contributed by atoms with E-state index in [9.17, 15) is 14.7 Å². The molecule has 9 heteroatoms. The quantitative estimate of drug-likeness (QED) is 0.819. The molecular weight excluding hydrogens is 386 g/mol. The Labute approximate surface area is 175 Å². The van der Waals surface area contributed by atoms with E-state index in [4.69, 9.17) is 4.74 Å². The minimum atomic E-state index is -1.03. The van der Waals surface area contributed by atoms with Gasteiger partial charge in [-0.25, -0.2) is 14.6 Å². The lowest BCUT2D eigenvalue weighted by molar-refractivity contribution is 0.0113. The van der Waals surface area contributed by atoms with Crippen LogP contribution in [0.2, 0.25) is 0 Å². The van der Waals surface area contributed by atoms with Crippen molar-refractivity contribution in [2.75, 3.05) is 18.0 Å². The number of nitrogens with zero attached hydrogens (tertiary/aromatic N) is 5. The van der Waals surface area contributed by atoms with Gasteiger partial charge >= 0.3 is 12.1 Å². The molecule has 9 nitrogen and oxygen atoms in total. The summed E-state index contributed by atoms with van der Waals surface area (Å²) < 4.78 is 7.27. The van der Waals surface area contributed by atoms with Crippen molar-refractivity contribution in [1.29, 1.82) is 0 Å². The number of carbonyl (C=O) groups excluding carboxylic acids is 1. The number of aromatic nitrogens is 3. The van der Waals surface area contributed by atoms with Crippen LogP contribution in [0.4, 0.5) is 10.6 Å². The normalized spacial score (nSPS) is 17.9. The molecule has 162 valence electrons. The van der Waals surface area contributed by atoms with Gasteiger partial charge in [0.2, 0.25) is 0 Å². The number of anilines is 1. The zero-order valence-corrected chi connectivity index (χ0v) is 18.0. The lowest BCUT2D eigenvalue weighted by atomic mass is 10.0. The first-order chi connectivity index (χ1) is 14.1. The summed E-state index contributed by atoms with van der Waals surface area (Å²) in [6.07, 6.45) is 6.69. The predicted molar refractivity (Wildman–Crippen MR) is 112 cm³/mol. The third kappa shape index (κ3) is 4.06. The average molecular weight is 415 g/mol. The summed E-state index contributed by atoms with van der Waals surface area (Å²) in [5, 5.41) is 14.5. The smallest absolute Gasteiger partial charge is 0.410 e. The molecule has 1 aliphatic carbocycles. The number of carboxylic acids is 1. The van der Waals surface area contributed by atoms with Gasteiger partial charge in [-0.1, -0.05) is 0 Å². The van der Waals surface area contributed by atoms with E-state index in [0.717, 1.165) is 50.0 Å². The van der Waals surface area contributed by atoms with E-state index >= 15 is 0 Å². The molecule has 1 aliphatic heterocycles. The lowest BCUT2D eigenvalue weighted by Gasteiger charge is -2.39. The molecule has 0 spiro atoms. The number of hydrogen-bond donors (Lipinski definition) is 1. The van der Waals surface area contributed by atoms with E-state index in [2.05, 4.69) is 15.0 Å². The number of aryl methyl sites for hydroxylation is 1. The van der Waals surface area contributed by atoms with E-state index in [1.165, 1.54) is 6.20 Å². The second-order valence-electron chi connectivity index (χ2n) is 9.20. The van der Waals surface area contributed by atoms with Gasteiger partial charge in [-0.15, -0.1) is 0 Å². The van der Waals surface area contributed by atoms with Gasteiger partial charge in [0.15, 0.2) is 0 Å². The van der Waals surface area contributed by atoms with Crippen LogP contribution in [0.15, 0.2) is 12.4 Å². The highest BCUT2D eigenvalue weighted by Gasteiger charge is 2.41. The van der Waals surface area contributed by atoms with Gasteiger partial charge in [0.25, 0.3) is 0 Å². The lowest BCUT2D eigenvalue weighted by Crippen LogP contribution is -2.50. The number of piperidine rings is 1. The molecule has 1 saturated carbocycles. The number of carbonyl (C=O) groups is 2. The summed E-state index contributed by atoms with van der Waals surface area (Å²) in [6, 6.07) is 0.431.